The van der Waals surface area contributed by atoms with Crippen molar-refractivity contribution in [1.29, 1.82) is 0 Å². The Morgan fingerprint density at radius 3 is 2.24 bits per heavy atom. The highest BCUT2D eigenvalue weighted by molar-refractivity contribution is 7.89. The Labute approximate surface area is 104 Å². The molecule has 17 heavy (non-hydrogen) atoms. The van der Waals surface area contributed by atoms with Gasteiger partial charge in [0.05, 0.1) is 5.75 Å². The van der Waals surface area contributed by atoms with Gasteiger partial charge in [-0.15, -0.1) is 0 Å². The molecule has 0 atom stereocenters. The van der Waals surface area contributed by atoms with Crippen molar-refractivity contribution in [2.75, 3.05) is 51.6 Å². The predicted molar refractivity (Wildman–Crippen MR) is 68.5 cm³/mol. The molecule has 100 valence electrons. The van der Waals surface area contributed by atoms with Crippen molar-refractivity contribution in [3.8, 4) is 0 Å². The normalized spacial score (nSPS) is 24.9. The van der Waals surface area contributed by atoms with E-state index in [1.54, 1.807) is 4.31 Å². The van der Waals surface area contributed by atoms with Crippen LogP contribution in [0.2, 0.25) is 0 Å². The molecule has 2 rings (SSSR count). The maximum atomic E-state index is 12.1. The van der Waals surface area contributed by atoms with Gasteiger partial charge in [0, 0.05) is 45.8 Å². The van der Waals surface area contributed by atoms with Gasteiger partial charge in [0.1, 0.15) is 0 Å². The SMILES string of the molecule is O=S(=O)(CCN1CCNCC1)N1CCCCC1. The molecule has 2 fully saturated rings. The van der Waals surface area contributed by atoms with Crippen LogP contribution in [0.5, 0.6) is 0 Å². The van der Waals surface area contributed by atoms with Crippen LogP contribution >= 0.6 is 0 Å². The number of hydrogen-bond donors (Lipinski definition) is 1. The van der Waals surface area contributed by atoms with Crippen molar-refractivity contribution < 1.29 is 8.42 Å². The van der Waals surface area contributed by atoms with E-state index in [1.165, 1.54) is 6.42 Å². The molecule has 0 amide bonds. The van der Waals surface area contributed by atoms with Crippen LogP contribution in [-0.2, 0) is 10.0 Å². The third kappa shape index (κ3) is 3.91. The van der Waals surface area contributed by atoms with Crippen molar-refractivity contribution in [2.24, 2.45) is 0 Å². The number of sulfonamides is 1. The Morgan fingerprint density at radius 1 is 0.941 bits per heavy atom. The van der Waals surface area contributed by atoms with Crippen molar-refractivity contribution in [3.63, 3.8) is 0 Å². The first kappa shape index (κ1) is 13.3. The molecule has 0 aromatic heterocycles. The van der Waals surface area contributed by atoms with Gasteiger partial charge in [-0.2, -0.15) is 0 Å². The first-order valence-corrected chi connectivity index (χ1v) is 8.20. The Balaban J connectivity index is 1.79. The van der Waals surface area contributed by atoms with Crippen molar-refractivity contribution in [3.05, 3.63) is 0 Å². The molecule has 0 radical (unpaired) electrons. The van der Waals surface area contributed by atoms with Gasteiger partial charge in [-0.1, -0.05) is 6.42 Å². The molecule has 5 nitrogen and oxygen atoms in total. The van der Waals surface area contributed by atoms with Gasteiger partial charge in [0.15, 0.2) is 0 Å². The topological polar surface area (TPSA) is 52.7 Å². The number of rotatable bonds is 4. The number of nitrogens with zero attached hydrogens (tertiary/aromatic N) is 2. The standard InChI is InChI=1S/C11H23N3O2S/c15-17(16,14-6-2-1-3-7-14)11-10-13-8-4-12-5-9-13/h12H,1-11H2. The second-order valence-corrected chi connectivity index (χ2v) is 6.96. The van der Waals surface area contributed by atoms with E-state index in [-0.39, 0.29) is 5.75 Å². The Hall–Kier alpha value is -0.170. The number of piperidine rings is 1. The summed E-state index contributed by atoms with van der Waals surface area (Å²) in [5.74, 6) is 0.285. The maximum absolute atomic E-state index is 12.1. The second-order valence-electron chi connectivity index (χ2n) is 4.87. The highest BCUT2D eigenvalue weighted by Gasteiger charge is 2.24. The van der Waals surface area contributed by atoms with Crippen LogP contribution in [0.3, 0.4) is 0 Å². The largest absolute Gasteiger partial charge is 0.314 e. The number of piperazine rings is 1. The van der Waals surface area contributed by atoms with Crippen LogP contribution in [0, 0.1) is 0 Å². The fourth-order valence-corrected chi connectivity index (χ4v) is 4.01. The fraction of sp³-hybridized carbons (Fsp3) is 1.00. The van der Waals surface area contributed by atoms with Crippen LogP contribution in [0.25, 0.3) is 0 Å². The smallest absolute Gasteiger partial charge is 0.215 e. The average molecular weight is 261 g/mol. The van der Waals surface area contributed by atoms with Crippen LogP contribution in [0.1, 0.15) is 19.3 Å². The molecule has 0 aliphatic carbocycles. The van der Waals surface area contributed by atoms with Crippen LogP contribution < -0.4 is 5.32 Å². The average Bonchev–Trinajstić information content (AvgIpc) is 2.39. The van der Waals surface area contributed by atoms with Gasteiger partial charge in [0.25, 0.3) is 0 Å². The summed E-state index contributed by atoms with van der Waals surface area (Å²) in [5.41, 5.74) is 0. The lowest BCUT2D eigenvalue weighted by Crippen LogP contribution is -2.46. The van der Waals surface area contributed by atoms with E-state index in [0.717, 1.165) is 52.1 Å². The second kappa shape index (κ2) is 6.13. The molecule has 2 aliphatic heterocycles. The van der Waals surface area contributed by atoms with Crippen molar-refractivity contribution in [1.82, 2.24) is 14.5 Å². The Kier molecular flexibility index (Phi) is 4.78. The summed E-state index contributed by atoms with van der Waals surface area (Å²) in [4.78, 5) is 2.23. The van der Waals surface area contributed by atoms with Crippen molar-refractivity contribution in [2.45, 2.75) is 19.3 Å². The molecule has 2 heterocycles. The van der Waals surface area contributed by atoms with Crippen LogP contribution in [0.4, 0.5) is 0 Å². The highest BCUT2D eigenvalue weighted by atomic mass is 32.2. The monoisotopic (exact) mass is 261 g/mol. The lowest BCUT2D eigenvalue weighted by atomic mass is 10.2. The number of hydrogen-bond acceptors (Lipinski definition) is 4. The molecule has 0 spiro atoms. The lowest BCUT2D eigenvalue weighted by Gasteiger charge is -2.29. The quantitative estimate of drug-likeness (QED) is 0.755. The van der Waals surface area contributed by atoms with Gasteiger partial charge in [-0.3, -0.25) is 4.90 Å². The van der Waals surface area contributed by atoms with Gasteiger partial charge in [0.2, 0.25) is 10.0 Å². The molecule has 0 unspecified atom stereocenters. The lowest BCUT2D eigenvalue weighted by molar-refractivity contribution is 0.251. The van der Waals surface area contributed by atoms with Crippen molar-refractivity contribution >= 4 is 10.0 Å². The van der Waals surface area contributed by atoms with Crippen LogP contribution in [0.15, 0.2) is 0 Å². The third-order valence-electron chi connectivity index (χ3n) is 3.58. The van der Waals surface area contributed by atoms with E-state index in [2.05, 4.69) is 10.2 Å². The minimum atomic E-state index is -3.01. The van der Waals surface area contributed by atoms with E-state index >= 15 is 0 Å². The minimum absolute atomic E-state index is 0.285. The molecule has 0 saturated carbocycles. The summed E-state index contributed by atoms with van der Waals surface area (Å²) in [7, 11) is -3.01. The van der Waals surface area contributed by atoms with Gasteiger partial charge < -0.3 is 5.32 Å². The van der Waals surface area contributed by atoms with E-state index in [4.69, 9.17) is 0 Å². The molecule has 0 bridgehead atoms. The molecule has 6 heteroatoms. The molecular formula is C11H23N3O2S. The zero-order chi connectivity index (χ0) is 12.1. The summed E-state index contributed by atoms with van der Waals surface area (Å²) in [6.07, 6.45) is 3.21. The molecule has 0 aromatic rings. The zero-order valence-electron chi connectivity index (χ0n) is 10.4. The zero-order valence-corrected chi connectivity index (χ0v) is 11.2. The van der Waals surface area contributed by atoms with E-state index < -0.39 is 10.0 Å². The first-order valence-electron chi connectivity index (χ1n) is 6.59. The summed E-state index contributed by atoms with van der Waals surface area (Å²) >= 11 is 0. The van der Waals surface area contributed by atoms with Crippen LogP contribution in [-0.4, -0.2) is 69.2 Å². The highest BCUT2D eigenvalue weighted by Crippen LogP contribution is 2.13. The Bertz CT molecular complexity index is 320. The Morgan fingerprint density at radius 2 is 1.59 bits per heavy atom. The fourth-order valence-electron chi connectivity index (χ4n) is 2.45. The molecule has 0 aromatic carbocycles. The van der Waals surface area contributed by atoms with Gasteiger partial charge in [-0.25, -0.2) is 12.7 Å². The molecule has 1 N–H and O–H groups in total. The predicted octanol–water partition coefficient (Wildman–Crippen LogP) is -0.293. The third-order valence-corrected chi connectivity index (χ3v) is 5.43. The van der Waals surface area contributed by atoms with E-state index in [0.29, 0.717) is 6.54 Å². The summed E-state index contributed by atoms with van der Waals surface area (Å²) < 4.78 is 25.9. The molecule has 2 aliphatic rings. The molecular weight excluding hydrogens is 238 g/mol. The van der Waals surface area contributed by atoms with E-state index in [9.17, 15) is 8.42 Å². The maximum Gasteiger partial charge on any atom is 0.215 e. The molecule has 2 saturated heterocycles. The van der Waals surface area contributed by atoms with Gasteiger partial charge >= 0.3 is 0 Å². The summed E-state index contributed by atoms with van der Waals surface area (Å²) in [6.45, 7) is 6.02. The summed E-state index contributed by atoms with van der Waals surface area (Å²) in [5, 5.41) is 3.27. The minimum Gasteiger partial charge on any atom is -0.314 e. The van der Waals surface area contributed by atoms with Gasteiger partial charge in [-0.05, 0) is 12.8 Å². The van der Waals surface area contributed by atoms with E-state index in [1.807, 2.05) is 0 Å². The summed E-state index contributed by atoms with van der Waals surface area (Å²) in [6, 6.07) is 0. The first-order chi connectivity index (χ1) is 8.18. The number of nitrogens with one attached hydrogen (secondary N) is 1.